The first kappa shape index (κ1) is 14.9. The summed E-state index contributed by atoms with van der Waals surface area (Å²) >= 11 is 0. The fraction of sp³-hybridized carbons (Fsp3) is 0.333. The molecule has 0 saturated heterocycles. The molecule has 21 heavy (non-hydrogen) atoms. The second-order valence-corrected chi connectivity index (χ2v) is 4.64. The quantitative estimate of drug-likeness (QED) is 0.673. The molecule has 0 aromatic carbocycles. The molecule has 1 N–H and O–H groups in total. The first-order valence-electron chi connectivity index (χ1n) is 6.56. The first-order chi connectivity index (χ1) is 9.97. The number of aryl methyl sites for hydroxylation is 3. The molecule has 6 heteroatoms. The molecule has 0 spiro atoms. The Balaban J connectivity index is 1.83. The van der Waals surface area contributed by atoms with E-state index < -0.39 is 11.6 Å². The Morgan fingerprint density at radius 2 is 1.95 bits per heavy atom. The van der Waals surface area contributed by atoms with E-state index in [1.807, 2.05) is 19.9 Å². The Morgan fingerprint density at radius 3 is 2.57 bits per heavy atom. The molecule has 0 fully saturated rings. The summed E-state index contributed by atoms with van der Waals surface area (Å²) in [6.45, 7) is 5.98. The number of rotatable bonds is 5. The fourth-order valence-corrected chi connectivity index (χ4v) is 1.78. The molecule has 0 aliphatic heterocycles. The van der Waals surface area contributed by atoms with Crippen molar-refractivity contribution in [2.75, 3.05) is 18.5 Å². The van der Waals surface area contributed by atoms with E-state index in [4.69, 9.17) is 13.6 Å². The van der Waals surface area contributed by atoms with Gasteiger partial charge in [0.15, 0.2) is 5.88 Å². The molecule has 0 bridgehead atoms. The first-order valence-corrected chi connectivity index (χ1v) is 6.56. The minimum absolute atomic E-state index is 0.177. The van der Waals surface area contributed by atoms with E-state index in [1.165, 1.54) is 12.1 Å². The number of anilines is 1. The third-order valence-electron chi connectivity index (χ3n) is 3.04. The molecule has 0 amide bonds. The standard InChI is InChI=1S/C15H17NO5/c1-9-8-13(20-10(9)2)16-6-7-19-15(18)12-4-5-14(17)21-11(12)3/h4-5,8,16H,6-7H2,1-3H3. The van der Waals surface area contributed by atoms with Gasteiger partial charge in [-0.1, -0.05) is 0 Å². The average Bonchev–Trinajstić information content (AvgIpc) is 2.73. The molecule has 6 nitrogen and oxygen atoms in total. The van der Waals surface area contributed by atoms with Gasteiger partial charge in [-0.3, -0.25) is 0 Å². The van der Waals surface area contributed by atoms with Crippen LogP contribution in [0.25, 0.3) is 0 Å². The number of esters is 1. The molecule has 0 saturated carbocycles. The van der Waals surface area contributed by atoms with Crippen LogP contribution in [0.15, 0.2) is 31.8 Å². The number of furan rings is 1. The minimum atomic E-state index is -0.523. The molecule has 0 aliphatic carbocycles. The van der Waals surface area contributed by atoms with E-state index in [0.29, 0.717) is 12.4 Å². The maximum Gasteiger partial charge on any atom is 0.341 e. The number of carbonyl (C=O) groups excluding carboxylic acids is 1. The molecule has 0 radical (unpaired) electrons. The van der Waals surface area contributed by atoms with Crippen molar-refractivity contribution < 1.29 is 18.4 Å². The van der Waals surface area contributed by atoms with Gasteiger partial charge >= 0.3 is 11.6 Å². The maximum absolute atomic E-state index is 11.8. The van der Waals surface area contributed by atoms with Crippen molar-refractivity contribution in [3.63, 3.8) is 0 Å². The average molecular weight is 291 g/mol. The summed E-state index contributed by atoms with van der Waals surface area (Å²) in [6, 6.07) is 4.47. The van der Waals surface area contributed by atoms with Gasteiger partial charge in [-0.2, -0.15) is 0 Å². The monoisotopic (exact) mass is 291 g/mol. The lowest BCUT2D eigenvalue weighted by Gasteiger charge is -2.06. The minimum Gasteiger partial charge on any atom is -0.460 e. The highest BCUT2D eigenvalue weighted by atomic mass is 16.5. The van der Waals surface area contributed by atoms with Crippen LogP contribution in [0.5, 0.6) is 0 Å². The van der Waals surface area contributed by atoms with E-state index in [9.17, 15) is 9.59 Å². The highest BCUT2D eigenvalue weighted by molar-refractivity contribution is 5.90. The Morgan fingerprint density at radius 1 is 1.19 bits per heavy atom. The van der Waals surface area contributed by atoms with Crippen molar-refractivity contribution >= 4 is 11.9 Å². The van der Waals surface area contributed by atoms with Crippen LogP contribution in [-0.4, -0.2) is 19.1 Å². The molecule has 2 aromatic heterocycles. The van der Waals surface area contributed by atoms with E-state index in [1.54, 1.807) is 6.92 Å². The third-order valence-corrected chi connectivity index (χ3v) is 3.04. The van der Waals surface area contributed by atoms with Gasteiger partial charge in [-0.25, -0.2) is 9.59 Å². The van der Waals surface area contributed by atoms with Gasteiger partial charge in [0.05, 0.1) is 12.1 Å². The number of nitrogens with one attached hydrogen (secondary N) is 1. The molecule has 2 heterocycles. The summed E-state index contributed by atoms with van der Waals surface area (Å²) in [5, 5.41) is 3.02. The summed E-state index contributed by atoms with van der Waals surface area (Å²) in [4.78, 5) is 22.8. The van der Waals surface area contributed by atoms with Crippen LogP contribution in [-0.2, 0) is 4.74 Å². The number of hydrogen-bond donors (Lipinski definition) is 1. The lowest BCUT2D eigenvalue weighted by molar-refractivity contribution is 0.0515. The molecule has 2 rings (SSSR count). The van der Waals surface area contributed by atoms with Gasteiger partial charge in [0.2, 0.25) is 0 Å². The zero-order valence-corrected chi connectivity index (χ0v) is 12.2. The van der Waals surface area contributed by atoms with Gasteiger partial charge < -0.3 is 18.9 Å². The molecule has 0 atom stereocenters. The fourth-order valence-electron chi connectivity index (χ4n) is 1.78. The summed E-state index contributed by atoms with van der Waals surface area (Å²) in [5.41, 5.74) is 0.818. The van der Waals surface area contributed by atoms with Crippen LogP contribution in [0.2, 0.25) is 0 Å². The SMILES string of the molecule is Cc1cc(NCCOC(=O)c2ccc(=O)oc2C)oc1C. The highest BCUT2D eigenvalue weighted by Crippen LogP contribution is 2.17. The normalized spacial score (nSPS) is 10.4. The van der Waals surface area contributed by atoms with Crippen LogP contribution in [0.4, 0.5) is 5.88 Å². The van der Waals surface area contributed by atoms with Gasteiger partial charge in [0, 0.05) is 12.1 Å². The van der Waals surface area contributed by atoms with E-state index in [2.05, 4.69) is 5.32 Å². The third kappa shape index (κ3) is 3.75. The predicted molar refractivity (Wildman–Crippen MR) is 76.7 cm³/mol. The van der Waals surface area contributed by atoms with Gasteiger partial charge in [0.1, 0.15) is 18.1 Å². The molecule has 0 aliphatic rings. The summed E-state index contributed by atoms with van der Waals surface area (Å²) in [5.74, 6) is 1.22. The molecular weight excluding hydrogens is 274 g/mol. The van der Waals surface area contributed by atoms with Crippen LogP contribution in [0.1, 0.15) is 27.4 Å². The summed E-state index contributed by atoms with van der Waals surface area (Å²) < 4.78 is 15.4. The number of hydrogen-bond acceptors (Lipinski definition) is 6. The lowest BCUT2D eigenvalue weighted by atomic mass is 10.2. The van der Waals surface area contributed by atoms with Crippen molar-refractivity contribution in [1.29, 1.82) is 0 Å². The zero-order valence-electron chi connectivity index (χ0n) is 12.2. The van der Waals surface area contributed by atoms with E-state index in [-0.39, 0.29) is 17.9 Å². The number of ether oxygens (including phenoxy) is 1. The zero-order chi connectivity index (χ0) is 15.4. The van der Waals surface area contributed by atoms with Gasteiger partial charge in [0.25, 0.3) is 0 Å². The predicted octanol–water partition coefficient (Wildman–Crippen LogP) is 2.43. The molecule has 0 unspecified atom stereocenters. The Bertz CT molecular complexity index is 679. The van der Waals surface area contributed by atoms with E-state index in [0.717, 1.165) is 11.3 Å². The van der Waals surface area contributed by atoms with Crippen molar-refractivity contribution in [3.05, 3.63) is 51.3 Å². The second kappa shape index (κ2) is 6.30. The molecule has 112 valence electrons. The van der Waals surface area contributed by atoms with Crippen LogP contribution >= 0.6 is 0 Å². The highest BCUT2D eigenvalue weighted by Gasteiger charge is 2.12. The van der Waals surface area contributed by atoms with Crippen LogP contribution in [0.3, 0.4) is 0 Å². The lowest BCUT2D eigenvalue weighted by Crippen LogP contribution is -2.15. The van der Waals surface area contributed by atoms with Crippen molar-refractivity contribution in [2.45, 2.75) is 20.8 Å². The van der Waals surface area contributed by atoms with Gasteiger partial charge in [-0.15, -0.1) is 0 Å². The Labute approximate surface area is 121 Å². The van der Waals surface area contributed by atoms with Crippen LogP contribution in [0, 0.1) is 20.8 Å². The second-order valence-electron chi connectivity index (χ2n) is 4.64. The van der Waals surface area contributed by atoms with Gasteiger partial charge in [-0.05, 0) is 32.4 Å². The summed E-state index contributed by atoms with van der Waals surface area (Å²) in [7, 11) is 0. The van der Waals surface area contributed by atoms with Crippen molar-refractivity contribution in [1.82, 2.24) is 0 Å². The largest absolute Gasteiger partial charge is 0.460 e. The maximum atomic E-state index is 11.8. The Kier molecular flexibility index (Phi) is 4.47. The molecular formula is C15H17NO5. The van der Waals surface area contributed by atoms with Crippen molar-refractivity contribution in [2.24, 2.45) is 0 Å². The smallest absolute Gasteiger partial charge is 0.341 e. The van der Waals surface area contributed by atoms with E-state index >= 15 is 0 Å². The number of carbonyl (C=O) groups is 1. The Hall–Kier alpha value is -2.50. The van der Waals surface area contributed by atoms with Crippen LogP contribution < -0.4 is 10.9 Å². The summed E-state index contributed by atoms with van der Waals surface area (Å²) in [6.07, 6.45) is 0. The topological polar surface area (TPSA) is 81.7 Å². The molecule has 2 aromatic rings. The van der Waals surface area contributed by atoms with Crippen molar-refractivity contribution in [3.8, 4) is 0 Å².